The van der Waals surface area contributed by atoms with Crippen molar-refractivity contribution in [3.8, 4) is 0 Å². The van der Waals surface area contributed by atoms with E-state index >= 15 is 0 Å². The molecule has 0 saturated heterocycles. The van der Waals surface area contributed by atoms with Gasteiger partial charge >= 0.3 is 0 Å². The third-order valence-electron chi connectivity index (χ3n) is 2.87. The molecule has 7 heteroatoms. The second-order valence-corrected chi connectivity index (χ2v) is 5.15. The normalized spacial score (nSPS) is 11.3. The van der Waals surface area contributed by atoms with Crippen molar-refractivity contribution in [3.63, 3.8) is 0 Å². The zero-order chi connectivity index (χ0) is 13.4. The van der Waals surface area contributed by atoms with E-state index in [9.17, 15) is 0 Å². The van der Waals surface area contributed by atoms with Crippen LogP contribution in [-0.4, -0.2) is 19.7 Å². The second kappa shape index (κ2) is 4.65. The first kappa shape index (κ1) is 12.2. The van der Waals surface area contributed by atoms with Crippen molar-refractivity contribution in [1.29, 1.82) is 0 Å². The molecule has 3 aromatic rings. The summed E-state index contributed by atoms with van der Waals surface area (Å²) < 4.78 is 7.89. The SMILES string of the molecule is Cc1nc(CCn2c(N)nc3ccc(Br)cc32)no1. The zero-order valence-corrected chi connectivity index (χ0v) is 11.9. The van der Waals surface area contributed by atoms with Crippen LogP contribution in [0.1, 0.15) is 11.7 Å². The van der Waals surface area contributed by atoms with Crippen LogP contribution in [0.5, 0.6) is 0 Å². The van der Waals surface area contributed by atoms with Crippen molar-refractivity contribution in [3.05, 3.63) is 34.4 Å². The molecule has 0 aliphatic carbocycles. The number of imidazole rings is 1. The highest BCUT2D eigenvalue weighted by molar-refractivity contribution is 9.10. The molecule has 0 saturated carbocycles. The minimum absolute atomic E-state index is 0.494. The summed E-state index contributed by atoms with van der Waals surface area (Å²) in [7, 11) is 0. The van der Waals surface area contributed by atoms with E-state index in [0.29, 0.717) is 30.6 Å². The topological polar surface area (TPSA) is 82.8 Å². The lowest BCUT2D eigenvalue weighted by Crippen LogP contribution is -2.06. The molecule has 0 aliphatic heterocycles. The fourth-order valence-electron chi connectivity index (χ4n) is 2.00. The molecule has 1 aromatic carbocycles. The molecule has 0 bridgehead atoms. The summed E-state index contributed by atoms with van der Waals surface area (Å²) >= 11 is 3.45. The van der Waals surface area contributed by atoms with Crippen molar-refractivity contribution >= 4 is 32.9 Å². The van der Waals surface area contributed by atoms with E-state index in [0.717, 1.165) is 15.5 Å². The summed E-state index contributed by atoms with van der Waals surface area (Å²) in [6, 6.07) is 5.88. The first-order valence-electron chi connectivity index (χ1n) is 5.84. The number of rotatable bonds is 3. The Hall–Kier alpha value is -1.89. The van der Waals surface area contributed by atoms with E-state index in [1.807, 2.05) is 22.8 Å². The van der Waals surface area contributed by atoms with Crippen molar-refractivity contribution in [1.82, 2.24) is 19.7 Å². The van der Waals surface area contributed by atoms with Crippen LogP contribution in [0.3, 0.4) is 0 Å². The largest absolute Gasteiger partial charge is 0.369 e. The van der Waals surface area contributed by atoms with Gasteiger partial charge in [-0.3, -0.25) is 0 Å². The molecule has 2 aromatic heterocycles. The Morgan fingerprint density at radius 3 is 2.95 bits per heavy atom. The number of nitrogens with two attached hydrogens (primary N) is 1. The van der Waals surface area contributed by atoms with Gasteiger partial charge in [-0.2, -0.15) is 4.98 Å². The lowest BCUT2D eigenvalue weighted by Gasteiger charge is -2.04. The van der Waals surface area contributed by atoms with Gasteiger partial charge in [0, 0.05) is 24.4 Å². The fourth-order valence-corrected chi connectivity index (χ4v) is 2.35. The minimum atomic E-state index is 0.494. The molecule has 0 amide bonds. The van der Waals surface area contributed by atoms with Gasteiger partial charge in [-0.25, -0.2) is 4.98 Å². The Morgan fingerprint density at radius 1 is 1.37 bits per heavy atom. The van der Waals surface area contributed by atoms with Crippen molar-refractivity contribution in [2.24, 2.45) is 0 Å². The molecule has 0 aliphatic rings. The fraction of sp³-hybridized carbons (Fsp3) is 0.250. The number of aromatic nitrogens is 4. The van der Waals surface area contributed by atoms with Crippen LogP contribution in [0.4, 0.5) is 5.95 Å². The number of fused-ring (bicyclic) bond motifs is 1. The number of aryl methyl sites for hydroxylation is 3. The summed E-state index contributed by atoms with van der Waals surface area (Å²) in [6.07, 6.45) is 0.652. The molecular weight excluding hydrogens is 310 g/mol. The van der Waals surface area contributed by atoms with Gasteiger partial charge in [0.25, 0.3) is 0 Å². The molecule has 0 unspecified atom stereocenters. The Labute approximate surface area is 117 Å². The summed E-state index contributed by atoms with van der Waals surface area (Å²) in [5, 5.41) is 3.87. The maximum atomic E-state index is 5.95. The van der Waals surface area contributed by atoms with Gasteiger partial charge in [0.05, 0.1) is 11.0 Å². The second-order valence-electron chi connectivity index (χ2n) is 4.23. The minimum Gasteiger partial charge on any atom is -0.369 e. The lowest BCUT2D eigenvalue weighted by atomic mass is 10.3. The first-order valence-corrected chi connectivity index (χ1v) is 6.63. The van der Waals surface area contributed by atoms with Gasteiger partial charge in [-0.15, -0.1) is 0 Å². The monoisotopic (exact) mass is 321 g/mol. The lowest BCUT2D eigenvalue weighted by molar-refractivity contribution is 0.386. The molecule has 2 N–H and O–H groups in total. The number of halogens is 1. The van der Waals surface area contributed by atoms with E-state index in [4.69, 9.17) is 10.3 Å². The van der Waals surface area contributed by atoms with Crippen molar-refractivity contribution in [2.45, 2.75) is 19.9 Å². The summed E-state index contributed by atoms with van der Waals surface area (Å²) in [5.74, 6) is 1.74. The van der Waals surface area contributed by atoms with Gasteiger partial charge in [0.2, 0.25) is 11.8 Å². The third kappa shape index (κ3) is 2.33. The van der Waals surface area contributed by atoms with E-state index in [-0.39, 0.29) is 0 Å². The van der Waals surface area contributed by atoms with Gasteiger partial charge in [-0.1, -0.05) is 21.1 Å². The summed E-state index contributed by atoms with van der Waals surface area (Å²) in [6.45, 7) is 2.44. The van der Waals surface area contributed by atoms with Crippen LogP contribution < -0.4 is 5.73 Å². The molecule has 0 atom stereocenters. The molecule has 98 valence electrons. The number of hydrogen-bond donors (Lipinski definition) is 1. The van der Waals surface area contributed by atoms with E-state index in [2.05, 4.69) is 31.1 Å². The Bertz CT molecular complexity index is 733. The molecule has 0 fully saturated rings. The average molecular weight is 322 g/mol. The smallest absolute Gasteiger partial charge is 0.223 e. The average Bonchev–Trinajstić information content (AvgIpc) is 2.90. The van der Waals surface area contributed by atoms with Crippen LogP contribution >= 0.6 is 15.9 Å². The number of benzene rings is 1. The van der Waals surface area contributed by atoms with E-state index < -0.39 is 0 Å². The molecule has 6 nitrogen and oxygen atoms in total. The van der Waals surface area contributed by atoms with Crippen LogP contribution in [0.2, 0.25) is 0 Å². The number of hydrogen-bond acceptors (Lipinski definition) is 5. The van der Waals surface area contributed by atoms with Crippen molar-refractivity contribution in [2.75, 3.05) is 5.73 Å². The summed E-state index contributed by atoms with van der Waals surface area (Å²) in [4.78, 5) is 8.50. The predicted octanol–water partition coefficient (Wildman–Crippen LogP) is 2.32. The van der Waals surface area contributed by atoms with E-state index in [1.165, 1.54) is 0 Å². The number of nitrogen functional groups attached to an aromatic ring is 1. The first-order chi connectivity index (χ1) is 9.13. The third-order valence-corrected chi connectivity index (χ3v) is 3.36. The highest BCUT2D eigenvalue weighted by atomic mass is 79.9. The predicted molar refractivity (Wildman–Crippen MR) is 74.6 cm³/mol. The Balaban J connectivity index is 1.91. The molecule has 2 heterocycles. The van der Waals surface area contributed by atoms with Gasteiger partial charge in [-0.05, 0) is 18.2 Å². The number of anilines is 1. The highest BCUT2D eigenvalue weighted by Crippen LogP contribution is 2.22. The highest BCUT2D eigenvalue weighted by Gasteiger charge is 2.10. The summed E-state index contributed by atoms with van der Waals surface area (Å²) in [5.41, 5.74) is 7.82. The van der Waals surface area contributed by atoms with Gasteiger partial charge in [0.15, 0.2) is 5.82 Å². The maximum Gasteiger partial charge on any atom is 0.223 e. The van der Waals surface area contributed by atoms with E-state index in [1.54, 1.807) is 6.92 Å². The maximum absolute atomic E-state index is 5.95. The standard InChI is InChI=1S/C12H12BrN5O/c1-7-15-11(17-19-7)4-5-18-10-6-8(13)2-3-9(10)16-12(18)14/h2-3,6H,4-5H2,1H3,(H2,14,16). The molecular formula is C12H12BrN5O. The van der Waals surface area contributed by atoms with Crippen LogP contribution in [0, 0.1) is 6.92 Å². The number of nitrogens with zero attached hydrogens (tertiary/aromatic N) is 4. The van der Waals surface area contributed by atoms with Crippen LogP contribution in [0.15, 0.2) is 27.2 Å². The molecule has 3 rings (SSSR count). The van der Waals surface area contributed by atoms with Gasteiger partial charge < -0.3 is 14.8 Å². The molecule has 19 heavy (non-hydrogen) atoms. The quantitative estimate of drug-likeness (QED) is 0.800. The Kier molecular flexibility index (Phi) is 2.98. The molecule has 0 radical (unpaired) electrons. The van der Waals surface area contributed by atoms with Crippen molar-refractivity contribution < 1.29 is 4.52 Å². The van der Waals surface area contributed by atoms with Crippen LogP contribution in [-0.2, 0) is 13.0 Å². The Morgan fingerprint density at radius 2 is 2.21 bits per heavy atom. The van der Waals surface area contributed by atoms with Gasteiger partial charge in [0.1, 0.15) is 0 Å². The molecule has 0 spiro atoms. The zero-order valence-electron chi connectivity index (χ0n) is 10.3. The van der Waals surface area contributed by atoms with Crippen LogP contribution in [0.25, 0.3) is 11.0 Å².